The first-order chi connectivity index (χ1) is 8.21. The summed E-state index contributed by atoms with van der Waals surface area (Å²) in [5, 5.41) is 11.4. The second-order valence-electron chi connectivity index (χ2n) is 3.41. The number of likely N-dealkylation sites (tertiary alicyclic amines) is 1. The summed E-state index contributed by atoms with van der Waals surface area (Å²) < 4.78 is 4.86. The lowest BCUT2D eigenvalue weighted by Gasteiger charge is -2.12. The second-order valence-corrected chi connectivity index (χ2v) is 3.41. The molecule has 0 aromatic carbocycles. The fourth-order valence-corrected chi connectivity index (χ4v) is 1.52. The normalized spacial score (nSPS) is 19.4. The molecule has 6 heteroatoms. The SMILES string of the molecule is C=C/N=C(\OC=C)C(=O)N[C@@H]1CCN(C#N)C1. The number of carbonyl (C=O) groups excluding carboxylic acids is 1. The van der Waals surface area contributed by atoms with E-state index < -0.39 is 5.91 Å². The van der Waals surface area contributed by atoms with E-state index in [1.165, 1.54) is 6.20 Å². The van der Waals surface area contributed by atoms with Gasteiger partial charge in [-0.15, -0.1) is 0 Å². The Bertz CT molecular complexity index is 383. The average molecular weight is 234 g/mol. The van der Waals surface area contributed by atoms with Crippen molar-refractivity contribution in [1.29, 1.82) is 5.26 Å². The summed E-state index contributed by atoms with van der Waals surface area (Å²) in [6.07, 6.45) is 5.11. The third kappa shape index (κ3) is 3.65. The van der Waals surface area contributed by atoms with Crippen LogP contribution in [-0.4, -0.2) is 35.8 Å². The molecular formula is C11H14N4O2. The minimum Gasteiger partial charge on any atom is -0.443 e. The quantitative estimate of drug-likeness (QED) is 0.331. The van der Waals surface area contributed by atoms with Gasteiger partial charge in [0.05, 0.1) is 6.26 Å². The first kappa shape index (κ1) is 12.8. The van der Waals surface area contributed by atoms with Crippen LogP contribution >= 0.6 is 0 Å². The first-order valence-corrected chi connectivity index (χ1v) is 5.13. The number of nitrogens with zero attached hydrogens (tertiary/aromatic N) is 3. The Kier molecular flexibility index (Phi) is 4.76. The Morgan fingerprint density at radius 3 is 2.94 bits per heavy atom. The topological polar surface area (TPSA) is 77.7 Å². The fraction of sp³-hybridized carbons (Fsp3) is 0.364. The minimum atomic E-state index is -0.436. The van der Waals surface area contributed by atoms with Gasteiger partial charge in [0.1, 0.15) is 0 Å². The maximum Gasteiger partial charge on any atom is 0.307 e. The van der Waals surface area contributed by atoms with Crippen LogP contribution in [0.25, 0.3) is 0 Å². The van der Waals surface area contributed by atoms with Crippen LogP contribution in [0.3, 0.4) is 0 Å². The van der Waals surface area contributed by atoms with E-state index in [0.29, 0.717) is 13.1 Å². The maximum atomic E-state index is 11.7. The largest absolute Gasteiger partial charge is 0.443 e. The molecule has 0 aromatic rings. The lowest BCUT2D eigenvalue weighted by molar-refractivity contribution is -0.116. The van der Waals surface area contributed by atoms with Gasteiger partial charge in [0, 0.05) is 25.3 Å². The van der Waals surface area contributed by atoms with Crippen LogP contribution < -0.4 is 5.32 Å². The van der Waals surface area contributed by atoms with Crippen LogP contribution in [0.15, 0.2) is 30.6 Å². The van der Waals surface area contributed by atoms with Crippen molar-refractivity contribution in [1.82, 2.24) is 10.2 Å². The van der Waals surface area contributed by atoms with Crippen molar-refractivity contribution in [3.63, 3.8) is 0 Å². The molecule has 0 unspecified atom stereocenters. The number of hydrogen-bond donors (Lipinski definition) is 1. The van der Waals surface area contributed by atoms with E-state index in [0.717, 1.165) is 12.7 Å². The number of carbonyl (C=O) groups is 1. The summed E-state index contributed by atoms with van der Waals surface area (Å²) in [5.41, 5.74) is 0. The van der Waals surface area contributed by atoms with Crippen molar-refractivity contribution in [2.45, 2.75) is 12.5 Å². The smallest absolute Gasteiger partial charge is 0.307 e. The summed E-state index contributed by atoms with van der Waals surface area (Å²) in [6, 6.07) is -0.0643. The first-order valence-electron chi connectivity index (χ1n) is 5.13. The maximum absolute atomic E-state index is 11.7. The minimum absolute atomic E-state index is 0.0643. The van der Waals surface area contributed by atoms with Crippen molar-refractivity contribution in [3.05, 3.63) is 25.6 Å². The summed E-state index contributed by atoms with van der Waals surface area (Å²) in [5.74, 6) is -0.542. The Morgan fingerprint density at radius 2 is 2.41 bits per heavy atom. The Balaban J connectivity index is 2.54. The predicted molar refractivity (Wildman–Crippen MR) is 62.6 cm³/mol. The molecule has 0 aromatic heterocycles. The van der Waals surface area contributed by atoms with Gasteiger partial charge in [-0.2, -0.15) is 5.26 Å². The van der Waals surface area contributed by atoms with Gasteiger partial charge in [-0.05, 0) is 6.42 Å². The lowest BCUT2D eigenvalue weighted by Crippen LogP contribution is -2.40. The van der Waals surface area contributed by atoms with Crippen molar-refractivity contribution in [2.24, 2.45) is 4.99 Å². The van der Waals surface area contributed by atoms with Crippen molar-refractivity contribution >= 4 is 11.8 Å². The lowest BCUT2D eigenvalue weighted by atomic mass is 10.2. The van der Waals surface area contributed by atoms with Gasteiger partial charge in [0.2, 0.25) is 0 Å². The zero-order valence-electron chi connectivity index (χ0n) is 9.43. The van der Waals surface area contributed by atoms with Crippen LogP contribution in [-0.2, 0) is 9.53 Å². The predicted octanol–water partition coefficient (Wildman–Crippen LogP) is 0.360. The van der Waals surface area contributed by atoms with E-state index in [-0.39, 0.29) is 11.9 Å². The monoisotopic (exact) mass is 234 g/mol. The molecule has 1 fully saturated rings. The Labute approximate surface area is 99.9 Å². The molecule has 0 spiro atoms. The highest BCUT2D eigenvalue weighted by Crippen LogP contribution is 2.07. The van der Waals surface area contributed by atoms with Gasteiger partial charge in [-0.1, -0.05) is 13.2 Å². The van der Waals surface area contributed by atoms with Gasteiger partial charge >= 0.3 is 5.91 Å². The molecule has 1 heterocycles. The number of aliphatic imine (C=N–C) groups is 1. The molecule has 90 valence electrons. The van der Waals surface area contributed by atoms with Crippen molar-refractivity contribution in [2.75, 3.05) is 13.1 Å². The molecule has 0 aliphatic carbocycles. The van der Waals surface area contributed by atoms with Crippen LogP contribution in [0.5, 0.6) is 0 Å². The molecule has 0 radical (unpaired) electrons. The van der Waals surface area contributed by atoms with E-state index >= 15 is 0 Å². The van der Waals surface area contributed by atoms with Gasteiger partial charge in [0.25, 0.3) is 5.90 Å². The third-order valence-electron chi connectivity index (χ3n) is 2.26. The summed E-state index contributed by atoms with van der Waals surface area (Å²) >= 11 is 0. The number of hydrogen-bond acceptors (Lipinski definition) is 5. The molecule has 17 heavy (non-hydrogen) atoms. The molecule has 0 bridgehead atoms. The highest BCUT2D eigenvalue weighted by Gasteiger charge is 2.24. The molecular weight excluding hydrogens is 220 g/mol. The standard InChI is InChI=1S/C11H14N4O2/c1-3-13-11(17-4-2)10(16)14-9-5-6-15(7-9)8-12/h3-4,9H,1-2,5-7H2,(H,14,16)/b13-11-/t9-/m1/s1. The summed E-state index contributed by atoms with van der Waals surface area (Å²) in [4.78, 5) is 17.0. The van der Waals surface area contributed by atoms with Crippen LogP contribution in [0.2, 0.25) is 0 Å². The molecule has 1 aliphatic heterocycles. The summed E-state index contributed by atoms with van der Waals surface area (Å²) in [7, 11) is 0. The van der Waals surface area contributed by atoms with Crippen molar-refractivity contribution in [3.8, 4) is 6.19 Å². The van der Waals surface area contributed by atoms with Gasteiger partial charge in [0.15, 0.2) is 6.19 Å². The molecule has 0 saturated carbocycles. The molecule has 1 N–H and O–H groups in total. The molecule has 1 rings (SSSR count). The van der Waals surface area contributed by atoms with Crippen LogP contribution in [0, 0.1) is 11.5 Å². The number of ether oxygens (including phenoxy) is 1. The van der Waals surface area contributed by atoms with Gasteiger partial charge in [-0.3, -0.25) is 4.79 Å². The van der Waals surface area contributed by atoms with Crippen LogP contribution in [0.4, 0.5) is 0 Å². The van der Waals surface area contributed by atoms with E-state index in [4.69, 9.17) is 10.00 Å². The third-order valence-corrected chi connectivity index (χ3v) is 2.26. The van der Waals surface area contributed by atoms with Gasteiger partial charge < -0.3 is 15.0 Å². The van der Waals surface area contributed by atoms with E-state index in [2.05, 4.69) is 23.5 Å². The highest BCUT2D eigenvalue weighted by molar-refractivity contribution is 6.35. The molecule has 1 amide bonds. The number of nitrogens with one attached hydrogen (secondary N) is 1. The average Bonchev–Trinajstić information content (AvgIpc) is 2.76. The fourth-order valence-electron chi connectivity index (χ4n) is 1.52. The van der Waals surface area contributed by atoms with E-state index in [1.807, 2.05) is 6.19 Å². The summed E-state index contributed by atoms with van der Waals surface area (Å²) in [6.45, 7) is 7.90. The number of amides is 1. The number of nitriles is 1. The van der Waals surface area contributed by atoms with Gasteiger partial charge in [-0.25, -0.2) is 4.99 Å². The molecule has 1 aliphatic rings. The van der Waals surface area contributed by atoms with E-state index in [9.17, 15) is 4.79 Å². The van der Waals surface area contributed by atoms with E-state index in [1.54, 1.807) is 4.90 Å². The Morgan fingerprint density at radius 1 is 1.65 bits per heavy atom. The molecule has 1 atom stereocenters. The molecule has 1 saturated heterocycles. The van der Waals surface area contributed by atoms with Crippen molar-refractivity contribution < 1.29 is 9.53 Å². The number of rotatable bonds is 3. The van der Waals surface area contributed by atoms with Crippen LogP contribution in [0.1, 0.15) is 6.42 Å². The second kappa shape index (κ2) is 6.33. The Hall–Kier alpha value is -2.29. The molecule has 6 nitrogen and oxygen atoms in total. The zero-order chi connectivity index (χ0) is 12.7. The zero-order valence-corrected chi connectivity index (χ0v) is 9.43. The highest BCUT2D eigenvalue weighted by atomic mass is 16.5.